The fourth-order valence-electron chi connectivity index (χ4n) is 1.60. The number of rotatable bonds is 5. The summed E-state index contributed by atoms with van der Waals surface area (Å²) < 4.78 is 5.09. The van der Waals surface area contributed by atoms with Gasteiger partial charge in [0.05, 0.1) is 17.8 Å². The predicted octanol–water partition coefficient (Wildman–Crippen LogP) is 3.91. The quantitative estimate of drug-likeness (QED) is 0.871. The van der Waals surface area contributed by atoms with Crippen molar-refractivity contribution >= 4 is 39.7 Å². The molecule has 0 saturated carbocycles. The van der Waals surface area contributed by atoms with Gasteiger partial charge in [0.15, 0.2) is 5.13 Å². The SMILES string of the molecule is COc1ccc(Nc2nc(C(C)(C)C(=O)O)cs2)cc1Cl. The zero-order valence-corrected chi connectivity index (χ0v) is 13.4. The van der Waals surface area contributed by atoms with Crippen LogP contribution in [0.5, 0.6) is 5.75 Å². The minimum atomic E-state index is -1.02. The second kappa shape index (κ2) is 5.91. The first-order chi connectivity index (χ1) is 9.84. The molecule has 0 bridgehead atoms. The number of carboxylic acid groups (broad SMARTS) is 1. The van der Waals surface area contributed by atoms with Gasteiger partial charge in [0, 0.05) is 11.1 Å². The number of nitrogens with one attached hydrogen (secondary N) is 1. The lowest BCUT2D eigenvalue weighted by Crippen LogP contribution is -2.28. The summed E-state index contributed by atoms with van der Waals surface area (Å²) in [6.45, 7) is 3.25. The summed E-state index contributed by atoms with van der Waals surface area (Å²) >= 11 is 7.40. The molecule has 2 aromatic rings. The lowest BCUT2D eigenvalue weighted by Gasteiger charge is -2.15. The van der Waals surface area contributed by atoms with E-state index in [9.17, 15) is 9.90 Å². The summed E-state index contributed by atoms with van der Waals surface area (Å²) in [6, 6.07) is 5.29. The highest BCUT2D eigenvalue weighted by Gasteiger charge is 2.32. The van der Waals surface area contributed by atoms with Crippen LogP contribution in [0.1, 0.15) is 19.5 Å². The largest absolute Gasteiger partial charge is 0.495 e. The third kappa shape index (κ3) is 3.28. The van der Waals surface area contributed by atoms with Gasteiger partial charge in [-0.15, -0.1) is 11.3 Å². The predicted molar refractivity (Wildman–Crippen MR) is 84.1 cm³/mol. The second-order valence-corrected chi connectivity index (χ2v) is 6.21. The second-order valence-electron chi connectivity index (χ2n) is 4.94. The van der Waals surface area contributed by atoms with Gasteiger partial charge in [-0.25, -0.2) is 4.98 Å². The molecule has 0 amide bonds. The van der Waals surface area contributed by atoms with Gasteiger partial charge in [0.2, 0.25) is 0 Å². The van der Waals surface area contributed by atoms with Gasteiger partial charge in [-0.3, -0.25) is 4.79 Å². The van der Waals surface area contributed by atoms with Gasteiger partial charge in [-0.2, -0.15) is 0 Å². The zero-order chi connectivity index (χ0) is 15.6. The first-order valence-corrected chi connectivity index (χ1v) is 7.40. The zero-order valence-electron chi connectivity index (χ0n) is 11.8. The molecule has 1 aromatic carbocycles. The monoisotopic (exact) mass is 326 g/mol. The van der Waals surface area contributed by atoms with E-state index in [0.717, 1.165) is 5.69 Å². The highest BCUT2D eigenvalue weighted by atomic mass is 35.5. The van der Waals surface area contributed by atoms with E-state index < -0.39 is 11.4 Å². The van der Waals surface area contributed by atoms with Crippen molar-refractivity contribution in [3.05, 3.63) is 34.3 Å². The van der Waals surface area contributed by atoms with Crippen molar-refractivity contribution in [3.8, 4) is 5.75 Å². The highest BCUT2D eigenvalue weighted by molar-refractivity contribution is 7.13. The van der Waals surface area contributed by atoms with Crippen molar-refractivity contribution in [1.29, 1.82) is 0 Å². The van der Waals surface area contributed by atoms with E-state index in [1.807, 2.05) is 6.07 Å². The van der Waals surface area contributed by atoms with Crippen molar-refractivity contribution in [2.24, 2.45) is 0 Å². The molecule has 0 unspecified atom stereocenters. The van der Waals surface area contributed by atoms with Crippen molar-refractivity contribution in [1.82, 2.24) is 4.98 Å². The maximum atomic E-state index is 11.2. The number of hydrogen-bond donors (Lipinski definition) is 2. The molecule has 2 rings (SSSR count). The standard InChI is InChI=1S/C14H15ClN2O3S/c1-14(2,12(18)19)11-7-21-13(17-11)16-8-4-5-10(20-3)9(15)6-8/h4-7H,1-3H3,(H,16,17)(H,18,19). The number of thiazole rings is 1. The molecule has 1 heterocycles. The van der Waals surface area contributed by atoms with Crippen LogP contribution >= 0.6 is 22.9 Å². The number of nitrogens with zero attached hydrogens (tertiary/aromatic N) is 1. The van der Waals surface area contributed by atoms with Gasteiger partial charge >= 0.3 is 5.97 Å². The van der Waals surface area contributed by atoms with E-state index in [1.54, 1.807) is 38.5 Å². The van der Waals surface area contributed by atoms with Crippen LogP contribution in [0.15, 0.2) is 23.6 Å². The molecule has 7 heteroatoms. The number of halogens is 1. The van der Waals surface area contributed by atoms with Crippen molar-refractivity contribution in [2.75, 3.05) is 12.4 Å². The molecule has 0 saturated heterocycles. The summed E-state index contributed by atoms with van der Waals surface area (Å²) in [6.07, 6.45) is 0. The lowest BCUT2D eigenvalue weighted by atomic mass is 9.90. The Morgan fingerprint density at radius 1 is 1.48 bits per heavy atom. The highest BCUT2D eigenvalue weighted by Crippen LogP contribution is 2.31. The van der Waals surface area contributed by atoms with Gasteiger partial charge in [-0.05, 0) is 32.0 Å². The van der Waals surface area contributed by atoms with Crippen LogP contribution in [0.2, 0.25) is 5.02 Å². The number of carbonyl (C=O) groups is 1. The number of anilines is 2. The van der Waals surface area contributed by atoms with E-state index >= 15 is 0 Å². The molecule has 0 fully saturated rings. The molecule has 2 N–H and O–H groups in total. The molecule has 21 heavy (non-hydrogen) atoms. The van der Waals surface area contributed by atoms with Crippen molar-refractivity contribution < 1.29 is 14.6 Å². The fourth-order valence-corrected chi connectivity index (χ4v) is 2.75. The van der Waals surface area contributed by atoms with Crippen LogP contribution in [0.3, 0.4) is 0 Å². The molecule has 0 aliphatic heterocycles. The molecule has 0 spiro atoms. The number of aliphatic carboxylic acids is 1. The molecule has 1 aromatic heterocycles. The Bertz CT molecular complexity index is 670. The fraction of sp³-hybridized carbons (Fsp3) is 0.286. The first-order valence-electron chi connectivity index (χ1n) is 6.14. The Morgan fingerprint density at radius 3 is 2.76 bits per heavy atom. The van der Waals surface area contributed by atoms with Crippen LogP contribution < -0.4 is 10.1 Å². The van der Waals surface area contributed by atoms with Crippen LogP contribution in [0.25, 0.3) is 0 Å². The minimum absolute atomic E-state index is 0.491. The smallest absolute Gasteiger partial charge is 0.315 e. The molecule has 0 aliphatic rings. The summed E-state index contributed by atoms with van der Waals surface area (Å²) in [5.41, 5.74) is 0.255. The van der Waals surface area contributed by atoms with E-state index in [2.05, 4.69) is 10.3 Å². The van der Waals surface area contributed by atoms with Crippen LogP contribution in [0, 0.1) is 0 Å². The van der Waals surface area contributed by atoms with E-state index in [4.69, 9.17) is 16.3 Å². The number of aromatic nitrogens is 1. The number of benzene rings is 1. The molecular weight excluding hydrogens is 312 g/mol. The van der Waals surface area contributed by atoms with Gasteiger partial charge < -0.3 is 15.2 Å². The van der Waals surface area contributed by atoms with Crippen LogP contribution in [0.4, 0.5) is 10.8 Å². The molecule has 0 radical (unpaired) electrons. The van der Waals surface area contributed by atoms with Gasteiger partial charge in [0.25, 0.3) is 0 Å². The van der Waals surface area contributed by atoms with Gasteiger partial charge in [-0.1, -0.05) is 11.6 Å². The van der Waals surface area contributed by atoms with Crippen LogP contribution in [-0.4, -0.2) is 23.2 Å². The normalized spacial score (nSPS) is 11.2. The molecule has 0 aliphatic carbocycles. The Labute approximate surface area is 131 Å². The Balaban J connectivity index is 2.20. The maximum Gasteiger partial charge on any atom is 0.315 e. The van der Waals surface area contributed by atoms with Crippen LogP contribution in [-0.2, 0) is 10.2 Å². The Kier molecular flexibility index (Phi) is 4.39. The Hall–Kier alpha value is -1.79. The summed E-state index contributed by atoms with van der Waals surface area (Å²) in [5, 5.41) is 15.1. The van der Waals surface area contributed by atoms with E-state index in [0.29, 0.717) is 21.6 Å². The Morgan fingerprint density at radius 2 is 2.19 bits per heavy atom. The minimum Gasteiger partial charge on any atom is -0.495 e. The average Bonchev–Trinajstić information content (AvgIpc) is 2.88. The number of carboxylic acids is 1. The maximum absolute atomic E-state index is 11.2. The average molecular weight is 327 g/mol. The third-order valence-electron chi connectivity index (χ3n) is 3.08. The lowest BCUT2D eigenvalue weighted by molar-refractivity contribution is -0.142. The topological polar surface area (TPSA) is 71.5 Å². The van der Waals surface area contributed by atoms with E-state index in [1.165, 1.54) is 11.3 Å². The molecular formula is C14H15ClN2O3S. The van der Waals surface area contributed by atoms with Gasteiger partial charge in [0.1, 0.15) is 11.2 Å². The number of methoxy groups -OCH3 is 1. The van der Waals surface area contributed by atoms with Crippen molar-refractivity contribution in [2.45, 2.75) is 19.3 Å². The van der Waals surface area contributed by atoms with E-state index in [-0.39, 0.29) is 0 Å². The molecule has 112 valence electrons. The third-order valence-corrected chi connectivity index (χ3v) is 4.14. The summed E-state index contributed by atoms with van der Waals surface area (Å²) in [4.78, 5) is 15.5. The number of ether oxygens (including phenoxy) is 1. The van der Waals surface area contributed by atoms with Crippen molar-refractivity contribution in [3.63, 3.8) is 0 Å². The molecule has 5 nitrogen and oxygen atoms in total. The molecule has 0 atom stereocenters. The first kappa shape index (κ1) is 15.6. The summed E-state index contributed by atoms with van der Waals surface area (Å²) in [5.74, 6) is -0.319. The summed E-state index contributed by atoms with van der Waals surface area (Å²) in [7, 11) is 1.55. The number of hydrogen-bond acceptors (Lipinski definition) is 5.